The fraction of sp³-hybridized carbons (Fsp3) is 0.769. The van der Waals surface area contributed by atoms with Crippen LogP contribution in [-0.4, -0.2) is 98.2 Å². The van der Waals surface area contributed by atoms with Crippen LogP contribution in [0.15, 0.2) is 11.6 Å². The summed E-state index contributed by atoms with van der Waals surface area (Å²) in [5, 5.41) is 8.48. The van der Waals surface area contributed by atoms with Crippen LogP contribution in [0.25, 0.3) is 0 Å². The number of rotatable bonds is 10. The van der Waals surface area contributed by atoms with Crippen LogP contribution in [-0.2, 0) is 28.5 Å². The van der Waals surface area contributed by atoms with E-state index in [1.54, 1.807) is 34.6 Å². The van der Waals surface area contributed by atoms with Gasteiger partial charge in [0.2, 0.25) is 5.91 Å². The Morgan fingerprint density at radius 3 is 2.39 bits per heavy atom. The Kier molecular flexibility index (Phi) is 12.3. The monoisotopic (exact) mass is 540 g/mol. The fourth-order valence-electron chi connectivity index (χ4n) is 4.64. The van der Waals surface area contributed by atoms with Gasteiger partial charge < -0.3 is 34.9 Å². The quantitative estimate of drug-likeness (QED) is 0.215. The number of nitrogens with one attached hydrogen (secondary N) is 3. The van der Waals surface area contributed by atoms with Crippen molar-refractivity contribution in [2.45, 2.75) is 90.6 Å². The van der Waals surface area contributed by atoms with E-state index in [1.807, 2.05) is 6.08 Å². The third-order valence-electron chi connectivity index (χ3n) is 6.05. The molecule has 3 amide bonds. The largest absolute Gasteiger partial charge is 0.463 e. The molecule has 0 aromatic heterocycles. The lowest BCUT2D eigenvalue weighted by Crippen LogP contribution is -2.64. The third-order valence-corrected chi connectivity index (χ3v) is 6.05. The minimum atomic E-state index is -0.707. The van der Waals surface area contributed by atoms with Crippen molar-refractivity contribution in [3.63, 3.8) is 0 Å². The maximum absolute atomic E-state index is 12.7. The molecule has 38 heavy (non-hydrogen) atoms. The number of hydrogen-bond donors (Lipinski definition) is 3. The van der Waals surface area contributed by atoms with Crippen LogP contribution in [0.5, 0.6) is 0 Å². The van der Waals surface area contributed by atoms with Gasteiger partial charge in [-0.2, -0.15) is 0 Å². The molecule has 0 bridgehead atoms. The molecule has 12 nitrogen and oxygen atoms in total. The van der Waals surface area contributed by atoms with Gasteiger partial charge in [0.25, 0.3) is 0 Å². The average molecular weight is 541 g/mol. The number of esters is 1. The molecule has 1 saturated heterocycles. The summed E-state index contributed by atoms with van der Waals surface area (Å²) < 4.78 is 21.6. The first kappa shape index (κ1) is 31.4. The van der Waals surface area contributed by atoms with Crippen LogP contribution in [0.3, 0.4) is 0 Å². The molecule has 0 radical (unpaired) electrons. The third kappa shape index (κ3) is 10.5. The van der Waals surface area contributed by atoms with Gasteiger partial charge in [-0.3, -0.25) is 9.69 Å². The number of ether oxygens (including phenoxy) is 4. The summed E-state index contributed by atoms with van der Waals surface area (Å²) >= 11 is 0. The number of carbonyl (C=O) groups excluding carboxylic acids is 4. The van der Waals surface area contributed by atoms with E-state index >= 15 is 0 Å². The summed E-state index contributed by atoms with van der Waals surface area (Å²) in [5.74, 6) is -0.705. The molecule has 0 aromatic rings. The first-order valence-corrected chi connectivity index (χ1v) is 13.3. The minimum Gasteiger partial charge on any atom is -0.463 e. The lowest BCUT2D eigenvalue weighted by molar-refractivity contribution is -0.139. The van der Waals surface area contributed by atoms with Crippen molar-refractivity contribution in [2.75, 3.05) is 39.5 Å². The van der Waals surface area contributed by atoms with Crippen LogP contribution < -0.4 is 16.0 Å². The molecule has 1 aliphatic carbocycles. The van der Waals surface area contributed by atoms with Crippen LogP contribution >= 0.6 is 0 Å². The van der Waals surface area contributed by atoms with E-state index in [1.165, 1.54) is 6.92 Å². The zero-order valence-corrected chi connectivity index (χ0v) is 23.5. The van der Waals surface area contributed by atoms with E-state index in [9.17, 15) is 19.2 Å². The van der Waals surface area contributed by atoms with Gasteiger partial charge in [0.05, 0.1) is 44.1 Å². The molecule has 1 aliphatic heterocycles. The molecule has 216 valence electrons. The van der Waals surface area contributed by atoms with Crippen LogP contribution in [0.4, 0.5) is 9.59 Å². The Balaban J connectivity index is 2.20. The van der Waals surface area contributed by atoms with Gasteiger partial charge in [0, 0.05) is 32.0 Å². The zero-order chi connectivity index (χ0) is 28.3. The number of carbonyl (C=O) groups is 4. The first-order chi connectivity index (χ1) is 17.9. The lowest BCUT2D eigenvalue weighted by atomic mass is 9.84. The Bertz CT molecular complexity index is 857. The summed E-state index contributed by atoms with van der Waals surface area (Å²) in [6.45, 7) is 12.6. The predicted octanol–water partition coefficient (Wildman–Crippen LogP) is 1.87. The standard InChI is InChI=1S/C26H44N4O8/c1-7-35-23(32)18-14-20(29-25(34)38-26(4,5)6)22(28-17(3)31)21(15-18)30-12-9-10-19(16-30)37-13-11-27-24(33)36-8-2/h15,19-22H,7-14,16H2,1-6H3,(H,27,33)(H,28,31)(H,29,34)/t19-,20-,21+,22+/m0/s1. The predicted molar refractivity (Wildman–Crippen MR) is 139 cm³/mol. The Morgan fingerprint density at radius 1 is 1.05 bits per heavy atom. The van der Waals surface area contributed by atoms with E-state index in [-0.39, 0.29) is 25.0 Å². The van der Waals surface area contributed by atoms with Gasteiger partial charge >= 0.3 is 18.2 Å². The average Bonchev–Trinajstić information content (AvgIpc) is 2.82. The molecular weight excluding hydrogens is 496 g/mol. The van der Waals surface area contributed by atoms with Crippen molar-refractivity contribution >= 4 is 24.1 Å². The number of alkyl carbamates (subject to hydrolysis) is 2. The topological polar surface area (TPSA) is 145 Å². The van der Waals surface area contributed by atoms with E-state index in [0.717, 1.165) is 12.8 Å². The molecule has 1 heterocycles. The lowest BCUT2D eigenvalue weighted by Gasteiger charge is -2.45. The van der Waals surface area contributed by atoms with E-state index in [4.69, 9.17) is 18.9 Å². The molecule has 0 aromatic carbocycles. The summed E-state index contributed by atoms with van der Waals surface area (Å²) in [5.41, 5.74) is -0.276. The molecular formula is C26H44N4O8. The van der Waals surface area contributed by atoms with Crippen LogP contribution in [0.1, 0.15) is 60.8 Å². The number of amides is 3. The molecule has 12 heteroatoms. The Labute approximate surface area is 225 Å². The van der Waals surface area contributed by atoms with Crippen LogP contribution in [0.2, 0.25) is 0 Å². The second-order valence-electron chi connectivity index (χ2n) is 10.4. The summed E-state index contributed by atoms with van der Waals surface area (Å²) in [6, 6.07) is -1.50. The summed E-state index contributed by atoms with van der Waals surface area (Å²) in [6.07, 6.45) is 2.47. The highest BCUT2D eigenvalue weighted by Crippen LogP contribution is 2.28. The molecule has 2 aliphatic rings. The van der Waals surface area contributed by atoms with Gasteiger partial charge in [-0.15, -0.1) is 0 Å². The molecule has 0 saturated carbocycles. The molecule has 0 unspecified atom stereocenters. The van der Waals surface area contributed by atoms with Crippen molar-refractivity contribution in [3.8, 4) is 0 Å². The van der Waals surface area contributed by atoms with Crippen molar-refractivity contribution in [1.29, 1.82) is 0 Å². The maximum atomic E-state index is 12.7. The van der Waals surface area contributed by atoms with Crippen molar-refractivity contribution < 1.29 is 38.1 Å². The Hall–Kier alpha value is -2.86. The molecule has 3 N–H and O–H groups in total. The highest BCUT2D eigenvalue weighted by Gasteiger charge is 2.41. The summed E-state index contributed by atoms with van der Waals surface area (Å²) in [7, 11) is 0. The Morgan fingerprint density at radius 2 is 1.76 bits per heavy atom. The highest BCUT2D eigenvalue weighted by atomic mass is 16.6. The molecule has 1 fully saturated rings. The highest BCUT2D eigenvalue weighted by molar-refractivity contribution is 5.89. The maximum Gasteiger partial charge on any atom is 0.407 e. The number of likely N-dealkylation sites (tertiary alicyclic amines) is 1. The first-order valence-electron chi connectivity index (χ1n) is 13.3. The second kappa shape index (κ2) is 14.9. The number of piperidine rings is 1. The van der Waals surface area contributed by atoms with Crippen molar-refractivity contribution in [3.05, 3.63) is 11.6 Å². The van der Waals surface area contributed by atoms with E-state index in [0.29, 0.717) is 38.4 Å². The minimum absolute atomic E-state index is 0.107. The van der Waals surface area contributed by atoms with Crippen LogP contribution in [0, 0.1) is 0 Å². The normalized spacial score (nSPS) is 24.0. The molecule has 0 spiro atoms. The van der Waals surface area contributed by atoms with E-state index < -0.39 is 41.9 Å². The fourth-order valence-corrected chi connectivity index (χ4v) is 4.64. The van der Waals surface area contributed by atoms with Gasteiger partial charge in [-0.05, 0) is 54.0 Å². The summed E-state index contributed by atoms with van der Waals surface area (Å²) in [4.78, 5) is 51.3. The van der Waals surface area contributed by atoms with Gasteiger partial charge in [-0.1, -0.05) is 6.08 Å². The van der Waals surface area contributed by atoms with Crippen molar-refractivity contribution in [1.82, 2.24) is 20.9 Å². The molecule has 2 rings (SSSR count). The zero-order valence-electron chi connectivity index (χ0n) is 23.5. The van der Waals surface area contributed by atoms with Crippen molar-refractivity contribution in [2.24, 2.45) is 0 Å². The second-order valence-corrected chi connectivity index (χ2v) is 10.4. The number of hydrogen-bond acceptors (Lipinski definition) is 9. The number of nitrogens with zero attached hydrogens (tertiary/aromatic N) is 1. The van der Waals surface area contributed by atoms with E-state index in [2.05, 4.69) is 20.9 Å². The molecule has 4 atom stereocenters. The van der Waals surface area contributed by atoms with Gasteiger partial charge in [0.1, 0.15) is 5.60 Å². The van der Waals surface area contributed by atoms with Gasteiger partial charge in [0.15, 0.2) is 0 Å². The SMILES string of the molecule is CCOC(=O)NCCO[C@H]1CCCN([C@@H]2C=C(C(=O)OCC)C[C@H](NC(=O)OC(C)(C)C)[C@H]2NC(C)=O)C1. The smallest absolute Gasteiger partial charge is 0.407 e. The van der Waals surface area contributed by atoms with Gasteiger partial charge in [-0.25, -0.2) is 14.4 Å².